The van der Waals surface area contributed by atoms with Crippen molar-refractivity contribution in [3.8, 4) is 0 Å². The van der Waals surface area contributed by atoms with E-state index in [-0.39, 0.29) is 0 Å². The van der Waals surface area contributed by atoms with Crippen LogP contribution in [-0.2, 0) is 4.74 Å². The highest BCUT2D eigenvalue weighted by Gasteiger charge is 2.31. The molecule has 2 rings (SSSR count). The van der Waals surface area contributed by atoms with Crippen LogP contribution in [0.1, 0.15) is 53.4 Å². The van der Waals surface area contributed by atoms with Gasteiger partial charge in [-0.3, -0.25) is 4.90 Å². The summed E-state index contributed by atoms with van der Waals surface area (Å²) >= 11 is 0. The quantitative estimate of drug-likeness (QED) is 0.811. The predicted molar refractivity (Wildman–Crippen MR) is 85.0 cm³/mol. The first-order chi connectivity index (χ1) is 9.56. The largest absolute Gasteiger partial charge is 0.372 e. The fraction of sp³-hybridized carbons (Fsp3) is 1.00. The summed E-state index contributed by atoms with van der Waals surface area (Å²) in [6, 6.07) is 0.727. The van der Waals surface area contributed by atoms with Crippen molar-refractivity contribution in [2.45, 2.75) is 71.6 Å². The number of hydrogen-bond donors (Lipinski definition) is 1. The van der Waals surface area contributed by atoms with Crippen LogP contribution in [0.4, 0.5) is 0 Å². The summed E-state index contributed by atoms with van der Waals surface area (Å²) in [7, 11) is 0. The lowest BCUT2D eigenvalue weighted by atomic mass is 9.92. The molecule has 0 amide bonds. The van der Waals surface area contributed by atoms with Gasteiger partial charge >= 0.3 is 0 Å². The number of hydrogen-bond acceptors (Lipinski definition) is 3. The fourth-order valence-corrected chi connectivity index (χ4v) is 3.54. The molecule has 0 spiro atoms. The van der Waals surface area contributed by atoms with Crippen molar-refractivity contribution in [3.63, 3.8) is 0 Å². The van der Waals surface area contributed by atoms with Gasteiger partial charge < -0.3 is 10.1 Å². The highest BCUT2D eigenvalue weighted by atomic mass is 16.5. The topological polar surface area (TPSA) is 24.5 Å². The van der Waals surface area contributed by atoms with Gasteiger partial charge in [-0.1, -0.05) is 20.8 Å². The van der Waals surface area contributed by atoms with E-state index in [0.717, 1.165) is 37.5 Å². The number of nitrogens with zero attached hydrogens (tertiary/aromatic N) is 1. The first-order valence-corrected chi connectivity index (χ1v) is 8.66. The van der Waals surface area contributed by atoms with Crippen molar-refractivity contribution in [1.29, 1.82) is 0 Å². The van der Waals surface area contributed by atoms with Crippen LogP contribution < -0.4 is 5.32 Å². The average Bonchev–Trinajstić information content (AvgIpc) is 2.82. The number of nitrogens with one attached hydrogen (secondary N) is 1. The summed E-state index contributed by atoms with van der Waals surface area (Å²) in [4.78, 5) is 2.66. The molecule has 4 atom stereocenters. The maximum absolute atomic E-state index is 6.23. The Hall–Kier alpha value is -0.120. The van der Waals surface area contributed by atoms with Crippen LogP contribution in [0.25, 0.3) is 0 Å². The highest BCUT2D eigenvalue weighted by molar-refractivity contribution is 4.83. The maximum atomic E-state index is 6.23. The Kier molecular flexibility index (Phi) is 6.31. The summed E-state index contributed by atoms with van der Waals surface area (Å²) in [5.74, 6) is 1.57. The van der Waals surface area contributed by atoms with E-state index in [1.165, 1.54) is 32.2 Å². The molecule has 118 valence electrons. The Balaban J connectivity index is 1.67. The third kappa shape index (κ3) is 4.71. The van der Waals surface area contributed by atoms with Gasteiger partial charge in [0.05, 0.1) is 12.2 Å². The van der Waals surface area contributed by atoms with Crippen LogP contribution in [0.5, 0.6) is 0 Å². The molecular formula is C17H34N2O. The molecule has 20 heavy (non-hydrogen) atoms. The number of piperidine rings is 1. The van der Waals surface area contributed by atoms with Crippen molar-refractivity contribution >= 4 is 0 Å². The Labute approximate surface area is 125 Å². The van der Waals surface area contributed by atoms with Crippen LogP contribution in [0.15, 0.2) is 0 Å². The third-order valence-corrected chi connectivity index (χ3v) is 5.06. The third-order valence-electron chi connectivity index (χ3n) is 5.06. The molecule has 0 bridgehead atoms. The minimum Gasteiger partial charge on any atom is -0.372 e. The Bertz CT molecular complexity index is 282. The van der Waals surface area contributed by atoms with Crippen LogP contribution >= 0.6 is 0 Å². The Morgan fingerprint density at radius 2 is 1.90 bits per heavy atom. The SMILES string of the molecule is CC(C)CNCC1CCC(CN2CCCC(C)C2C)O1. The molecular weight excluding hydrogens is 248 g/mol. The van der Waals surface area contributed by atoms with Gasteiger partial charge in [0.25, 0.3) is 0 Å². The normalized spacial score (nSPS) is 35.9. The van der Waals surface area contributed by atoms with Crippen LogP contribution in [0.3, 0.4) is 0 Å². The van der Waals surface area contributed by atoms with Crippen molar-refractivity contribution in [2.75, 3.05) is 26.2 Å². The smallest absolute Gasteiger partial charge is 0.0707 e. The number of likely N-dealkylation sites (tertiary alicyclic amines) is 1. The van der Waals surface area contributed by atoms with Crippen LogP contribution in [0.2, 0.25) is 0 Å². The van der Waals surface area contributed by atoms with Crippen molar-refractivity contribution in [1.82, 2.24) is 10.2 Å². The van der Waals surface area contributed by atoms with Gasteiger partial charge in [0.2, 0.25) is 0 Å². The second kappa shape index (κ2) is 7.77. The predicted octanol–water partition coefficient (Wildman–Crippen LogP) is 2.90. The summed E-state index contributed by atoms with van der Waals surface area (Å²) in [6.07, 6.45) is 6.13. The molecule has 2 aliphatic heterocycles. The zero-order valence-electron chi connectivity index (χ0n) is 13.9. The summed E-state index contributed by atoms with van der Waals surface area (Å²) in [5.41, 5.74) is 0. The molecule has 0 radical (unpaired) electrons. The van der Waals surface area contributed by atoms with Crippen molar-refractivity contribution in [3.05, 3.63) is 0 Å². The van der Waals surface area contributed by atoms with Gasteiger partial charge in [0.1, 0.15) is 0 Å². The fourth-order valence-electron chi connectivity index (χ4n) is 3.54. The molecule has 2 aliphatic rings. The van der Waals surface area contributed by atoms with Gasteiger partial charge in [-0.2, -0.15) is 0 Å². The van der Waals surface area contributed by atoms with Gasteiger partial charge in [-0.05, 0) is 57.5 Å². The lowest BCUT2D eigenvalue weighted by Gasteiger charge is -2.39. The van der Waals surface area contributed by atoms with E-state index in [9.17, 15) is 0 Å². The van der Waals surface area contributed by atoms with Crippen molar-refractivity contribution < 1.29 is 4.74 Å². The van der Waals surface area contributed by atoms with E-state index in [4.69, 9.17) is 4.74 Å². The summed E-state index contributed by atoms with van der Waals surface area (Å²) in [5, 5.41) is 3.53. The lowest BCUT2D eigenvalue weighted by Crippen LogP contribution is -2.46. The molecule has 4 unspecified atom stereocenters. The highest BCUT2D eigenvalue weighted by Crippen LogP contribution is 2.26. The van der Waals surface area contributed by atoms with Gasteiger partial charge in [0, 0.05) is 19.1 Å². The van der Waals surface area contributed by atoms with Gasteiger partial charge in [-0.15, -0.1) is 0 Å². The van der Waals surface area contributed by atoms with E-state index in [1.807, 2.05) is 0 Å². The molecule has 0 aromatic heterocycles. The zero-order chi connectivity index (χ0) is 14.5. The molecule has 2 saturated heterocycles. The minimum atomic E-state index is 0.441. The zero-order valence-corrected chi connectivity index (χ0v) is 13.9. The number of ether oxygens (including phenoxy) is 1. The van der Waals surface area contributed by atoms with Gasteiger partial charge in [0.15, 0.2) is 0 Å². The molecule has 0 aromatic rings. The van der Waals surface area contributed by atoms with E-state index >= 15 is 0 Å². The monoisotopic (exact) mass is 282 g/mol. The van der Waals surface area contributed by atoms with E-state index < -0.39 is 0 Å². The molecule has 0 aliphatic carbocycles. The molecule has 0 aromatic carbocycles. The Morgan fingerprint density at radius 1 is 1.15 bits per heavy atom. The van der Waals surface area contributed by atoms with E-state index in [2.05, 4.69) is 37.9 Å². The standard InChI is InChI=1S/C17H34N2O/c1-13(2)10-18-11-16-7-8-17(20-16)12-19-9-5-6-14(3)15(19)4/h13-18H,5-12H2,1-4H3. The van der Waals surface area contributed by atoms with Crippen LogP contribution in [0, 0.1) is 11.8 Å². The first kappa shape index (κ1) is 16.3. The molecule has 3 nitrogen and oxygen atoms in total. The number of rotatable bonds is 6. The first-order valence-electron chi connectivity index (χ1n) is 8.66. The molecule has 2 fully saturated rings. The molecule has 1 N–H and O–H groups in total. The van der Waals surface area contributed by atoms with Crippen molar-refractivity contribution in [2.24, 2.45) is 11.8 Å². The van der Waals surface area contributed by atoms with Crippen LogP contribution in [-0.4, -0.2) is 49.3 Å². The molecule has 2 heterocycles. The summed E-state index contributed by atoms with van der Waals surface area (Å²) in [6.45, 7) is 13.8. The van der Waals surface area contributed by atoms with E-state index in [1.54, 1.807) is 0 Å². The molecule has 0 saturated carbocycles. The van der Waals surface area contributed by atoms with Gasteiger partial charge in [-0.25, -0.2) is 0 Å². The maximum Gasteiger partial charge on any atom is 0.0707 e. The lowest BCUT2D eigenvalue weighted by molar-refractivity contribution is 0.00139. The second-order valence-corrected chi connectivity index (χ2v) is 7.36. The minimum absolute atomic E-state index is 0.441. The Morgan fingerprint density at radius 3 is 2.65 bits per heavy atom. The average molecular weight is 282 g/mol. The van der Waals surface area contributed by atoms with E-state index in [0.29, 0.717) is 12.2 Å². The summed E-state index contributed by atoms with van der Waals surface area (Å²) < 4.78 is 6.23. The second-order valence-electron chi connectivity index (χ2n) is 7.36. The molecule has 3 heteroatoms.